The zero-order chi connectivity index (χ0) is 15.4. The highest BCUT2D eigenvalue weighted by atomic mass is 32.1. The molecule has 7 heteroatoms. The van der Waals surface area contributed by atoms with E-state index in [0.717, 1.165) is 5.56 Å². The minimum absolute atomic E-state index is 0.0405. The molecule has 1 saturated heterocycles. The number of aliphatic imine (C=N–C) groups is 1. The molecule has 1 aliphatic rings. The number of carbonyl (C=O) groups is 2. The molecular weight excluding hydrogens is 288 g/mol. The van der Waals surface area contributed by atoms with E-state index < -0.39 is 17.7 Å². The lowest BCUT2D eigenvalue weighted by atomic mass is 10.1. The lowest BCUT2D eigenvalue weighted by Gasteiger charge is -2.30. The van der Waals surface area contributed by atoms with Gasteiger partial charge in [0, 0.05) is 6.21 Å². The van der Waals surface area contributed by atoms with E-state index >= 15 is 0 Å². The molecule has 0 aromatic heterocycles. The maximum Gasteiger partial charge on any atom is 0.251 e. The van der Waals surface area contributed by atoms with Gasteiger partial charge in [0.25, 0.3) is 5.91 Å². The summed E-state index contributed by atoms with van der Waals surface area (Å²) in [6, 6.07) is 9.01. The molecule has 106 valence electrons. The average molecular weight is 300 g/mol. The van der Waals surface area contributed by atoms with E-state index in [-0.39, 0.29) is 11.7 Å². The Bertz CT molecular complexity index is 661. The minimum Gasteiger partial charge on any atom is -0.301 e. The molecular formula is C14H12N4O2S. The van der Waals surface area contributed by atoms with Gasteiger partial charge in [-0.15, -0.1) is 0 Å². The number of nitrogens with one attached hydrogen (secondary N) is 1. The monoisotopic (exact) mass is 300 g/mol. The molecule has 0 saturated carbocycles. The smallest absolute Gasteiger partial charge is 0.251 e. The first-order valence-corrected chi connectivity index (χ1v) is 6.58. The highest BCUT2D eigenvalue weighted by molar-refractivity contribution is 7.80. The van der Waals surface area contributed by atoms with Crippen molar-refractivity contribution in [1.29, 1.82) is 5.26 Å². The van der Waals surface area contributed by atoms with Crippen LogP contribution in [0.5, 0.6) is 0 Å². The number of aryl methyl sites for hydroxylation is 1. The number of rotatable bonds is 3. The molecule has 1 aromatic rings. The Morgan fingerprint density at radius 1 is 1.43 bits per heavy atom. The van der Waals surface area contributed by atoms with Gasteiger partial charge in [0.2, 0.25) is 5.91 Å². The van der Waals surface area contributed by atoms with Gasteiger partial charge in [0.05, 0.1) is 11.8 Å². The minimum atomic E-state index is -1.08. The van der Waals surface area contributed by atoms with E-state index in [1.54, 1.807) is 12.1 Å². The van der Waals surface area contributed by atoms with Gasteiger partial charge in [0.15, 0.2) is 11.0 Å². The second-order valence-electron chi connectivity index (χ2n) is 4.43. The van der Waals surface area contributed by atoms with Crippen LogP contribution in [0.3, 0.4) is 0 Å². The fraction of sp³-hybridized carbons (Fsp3) is 0.214. The van der Waals surface area contributed by atoms with Crippen molar-refractivity contribution < 1.29 is 9.59 Å². The third kappa shape index (κ3) is 3.12. The topological polar surface area (TPSA) is 85.6 Å². The summed E-state index contributed by atoms with van der Waals surface area (Å²) in [5.41, 5.74) is 1.62. The van der Waals surface area contributed by atoms with Gasteiger partial charge >= 0.3 is 0 Å². The lowest BCUT2D eigenvalue weighted by Crippen LogP contribution is -2.58. The quantitative estimate of drug-likeness (QED) is 0.390. The summed E-state index contributed by atoms with van der Waals surface area (Å²) < 4.78 is 0. The Balaban J connectivity index is 2.31. The number of hydrogen-bond acceptors (Lipinski definition) is 5. The van der Waals surface area contributed by atoms with Crippen LogP contribution >= 0.6 is 12.2 Å². The number of nitrogens with zero attached hydrogens (tertiary/aromatic N) is 3. The average Bonchev–Trinajstić information content (AvgIpc) is 2.44. The van der Waals surface area contributed by atoms with Crippen molar-refractivity contribution in [3.8, 4) is 6.07 Å². The Labute approximate surface area is 127 Å². The maximum atomic E-state index is 12.4. The summed E-state index contributed by atoms with van der Waals surface area (Å²) in [6.45, 7) is 1.82. The van der Waals surface area contributed by atoms with Crippen LogP contribution in [-0.2, 0) is 9.59 Å². The molecule has 0 unspecified atom stereocenters. The first kappa shape index (κ1) is 14.8. The third-order valence-electron chi connectivity index (χ3n) is 2.91. The highest BCUT2D eigenvalue weighted by Gasteiger charge is 2.38. The van der Waals surface area contributed by atoms with Gasteiger partial charge in [-0.3, -0.25) is 19.5 Å². The Kier molecular flexibility index (Phi) is 4.40. The van der Waals surface area contributed by atoms with Gasteiger partial charge < -0.3 is 5.32 Å². The first-order chi connectivity index (χ1) is 10.0. The van der Waals surface area contributed by atoms with Gasteiger partial charge in [-0.05, 0) is 31.3 Å². The predicted molar refractivity (Wildman–Crippen MR) is 81.9 cm³/mol. The van der Waals surface area contributed by atoms with Gasteiger partial charge in [-0.2, -0.15) is 5.26 Å². The van der Waals surface area contributed by atoms with Crippen LogP contribution in [0.25, 0.3) is 0 Å². The van der Waals surface area contributed by atoms with Gasteiger partial charge in [-0.25, -0.2) is 0 Å². The summed E-state index contributed by atoms with van der Waals surface area (Å²) in [5.74, 6) is -2.09. The first-order valence-electron chi connectivity index (χ1n) is 6.17. The number of carbonyl (C=O) groups excluding carboxylic acids is 2. The van der Waals surface area contributed by atoms with Crippen LogP contribution < -0.4 is 10.2 Å². The zero-order valence-electron chi connectivity index (χ0n) is 11.2. The highest BCUT2D eigenvalue weighted by Crippen LogP contribution is 2.20. The molecule has 0 bridgehead atoms. The van der Waals surface area contributed by atoms with Crippen molar-refractivity contribution in [2.45, 2.75) is 6.92 Å². The van der Waals surface area contributed by atoms with E-state index in [1.807, 2.05) is 25.1 Å². The zero-order valence-corrected chi connectivity index (χ0v) is 12.1. The summed E-state index contributed by atoms with van der Waals surface area (Å²) in [5, 5.41) is 11.0. The van der Waals surface area contributed by atoms with Crippen molar-refractivity contribution in [2.75, 3.05) is 11.4 Å². The van der Waals surface area contributed by atoms with Gasteiger partial charge in [-0.1, -0.05) is 17.7 Å². The molecule has 1 fully saturated rings. The number of anilines is 1. The maximum absolute atomic E-state index is 12.4. The van der Waals surface area contributed by atoms with E-state index in [9.17, 15) is 9.59 Å². The van der Waals surface area contributed by atoms with Crippen LogP contribution in [0.1, 0.15) is 5.56 Å². The molecule has 0 aliphatic carbocycles. The van der Waals surface area contributed by atoms with Crippen LogP contribution in [0, 0.1) is 24.2 Å². The molecule has 2 rings (SSSR count). The van der Waals surface area contributed by atoms with E-state index in [4.69, 9.17) is 17.5 Å². The van der Waals surface area contributed by atoms with Crippen molar-refractivity contribution >= 4 is 41.0 Å². The molecule has 21 heavy (non-hydrogen) atoms. The number of benzene rings is 1. The van der Waals surface area contributed by atoms with E-state index in [2.05, 4.69) is 10.3 Å². The second-order valence-corrected chi connectivity index (χ2v) is 4.82. The molecule has 1 heterocycles. The predicted octanol–water partition coefficient (Wildman–Crippen LogP) is 0.953. The lowest BCUT2D eigenvalue weighted by molar-refractivity contribution is -0.130. The number of nitriles is 1. The summed E-state index contributed by atoms with van der Waals surface area (Å²) >= 11 is 5.06. The number of thiocarbonyl (C=S) groups is 1. The van der Waals surface area contributed by atoms with Crippen LogP contribution in [-0.4, -0.2) is 29.7 Å². The SMILES string of the molecule is Cc1ccc(N2C(=O)[C@H](C=NCC#N)C(=O)NC2=S)cc1. The molecule has 0 spiro atoms. The summed E-state index contributed by atoms with van der Waals surface area (Å²) in [4.78, 5) is 29.3. The van der Waals surface area contributed by atoms with Crippen molar-refractivity contribution in [1.82, 2.24) is 5.32 Å². The molecule has 6 nitrogen and oxygen atoms in total. The van der Waals surface area contributed by atoms with Crippen LogP contribution in [0.15, 0.2) is 29.3 Å². The third-order valence-corrected chi connectivity index (χ3v) is 3.20. The van der Waals surface area contributed by atoms with E-state index in [1.165, 1.54) is 11.1 Å². The fourth-order valence-electron chi connectivity index (χ4n) is 1.86. The molecule has 0 radical (unpaired) electrons. The Morgan fingerprint density at radius 3 is 2.71 bits per heavy atom. The fourth-order valence-corrected chi connectivity index (χ4v) is 2.16. The molecule has 1 aromatic carbocycles. The molecule has 1 N–H and O–H groups in total. The standard InChI is InChI=1S/C14H12N4O2S/c1-9-2-4-10(5-3-9)18-13(20)11(8-16-7-6-15)12(19)17-14(18)21/h2-5,8,11H,7H2,1H3,(H,17,19,21)/t11-/m1/s1. The summed E-state index contributed by atoms with van der Waals surface area (Å²) in [7, 11) is 0. The van der Waals surface area contributed by atoms with Crippen LogP contribution in [0.2, 0.25) is 0 Å². The van der Waals surface area contributed by atoms with Crippen molar-refractivity contribution in [3.05, 3.63) is 29.8 Å². The largest absolute Gasteiger partial charge is 0.301 e. The van der Waals surface area contributed by atoms with Crippen molar-refractivity contribution in [3.63, 3.8) is 0 Å². The Hall–Kier alpha value is -2.59. The van der Waals surface area contributed by atoms with Crippen molar-refractivity contribution in [2.24, 2.45) is 10.9 Å². The van der Waals surface area contributed by atoms with Gasteiger partial charge in [0.1, 0.15) is 6.54 Å². The Morgan fingerprint density at radius 2 is 2.10 bits per heavy atom. The molecule has 1 atom stereocenters. The summed E-state index contributed by atoms with van der Waals surface area (Å²) in [6.07, 6.45) is 1.18. The normalized spacial score (nSPS) is 18.8. The number of amides is 2. The second kappa shape index (κ2) is 6.24. The van der Waals surface area contributed by atoms with E-state index in [0.29, 0.717) is 5.69 Å². The molecule has 2 amide bonds. The molecule has 1 aliphatic heterocycles. The number of hydrogen-bond donors (Lipinski definition) is 1. The van der Waals surface area contributed by atoms with Crippen LogP contribution in [0.4, 0.5) is 5.69 Å².